The maximum atomic E-state index is 13.1. The molecule has 2 fully saturated rings. The van der Waals surface area contributed by atoms with Crippen molar-refractivity contribution >= 4 is 5.91 Å². The summed E-state index contributed by atoms with van der Waals surface area (Å²) >= 11 is 0. The van der Waals surface area contributed by atoms with Crippen molar-refractivity contribution in [2.45, 2.75) is 51.5 Å². The quantitative estimate of drug-likeness (QED) is 0.837. The number of likely N-dealkylation sites (tertiary alicyclic amines) is 1. The molecule has 4 rings (SSSR count). The van der Waals surface area contributed by atoms with E-state index < -0.39 is 0 Å². The number of piperidine rings is 1. The molecule has 1 saturated heterocycles. The minimum absolute atomic E-state index is 0.0574. The summed E-state index contributed by atoms with van der Waals surface area (Å²) in [5.74, 6) is 0.708. The normalized spacial score (nSPS) is 19.1. The van der Waals surface area contributed by atoms with Crippen LogP contribution in [0.5, 0.6) is 0 Å². The lowest BCUT2D eigenvalue weighted by atomic mass is 9.91. The number of carbonyl (C=O) groups excluding carboxylic acids is 1. The van der Waals surface area contributed by atoms with E-state index in [0.717, 1.165) is 55.6 Å². The smallest absolute Gasteiger partial charge is 0.256 e. The first-order valence-corrected chi connectivity index (χ1v) is 9.89. The summed E-state index contributed by atoms with van der Waals surface area (Å²) in [6.45, 7) is 5.96. The molecule has 2 heterocycles. The predicted molar refractivity (Wildman–Crippen MR) is 105 cm³/mol. The Morgan fingerprint density at radius 1 is 1.15 bits per heavy atom. The number of benzene rings is 1. The van der Waals surface area contributed by atoms with E-state index in [-0.39, 0.29) is 16.9 Å². The Bertz CT molecular complexity index is 892. The lowest BCUT2D eigenvalue weighted by Gasteiger charge is -2.34. The Morgan fingerprint density at radius 2 is 1.81 bits per heavy atom. The Labute approximate surface area is 160 Å². The van der Waals surface area contributed by atoms with Gasteiger partial charge in [0.1, 0.15) is 0 Å². The van der Waals surface area contributed by atoms with Crippen molar-refractivity contribution in [3.05, 3.63) is 63.8 Å². The fourth-order valence-electron chi connectivity index (χ4n) is 4.21. The average Bonchev–Trinajstić information content (AvgIpc) is 3.51. The van der Waals surface area contributed by atoms with Crippen LogP contribution in [0, 0.1) is 19.8 Å². The zero-order chi connectivity index (χ0) is 19.0. The largest absolute Gasteiger partial charge is 0.342 e. The molecular formula is C22H27N3O2. The summed E-state index contributed by atoms with van der Waals surface area (Å²) in [4.78, 5) is 31.9. The van der Waals surface area contributed by atoms with Crippen LogP contribution in [0.25, 0.3) is 0 Å². The van der Waals surface area contributed by atoms with E-state index in [9.17, 15) is 9.59 Å². The minimum atomic E-state index is -0.275. The van der Waals surface area contributed by atoms with Crippen molar-refractivity contribution in [1.82, 2.24) is 14.5 Å². The number of hydrogen-bond donors (Lipinski definition) is 0. The zero-order valence-electron chi connectivity index (χ0n) is 16.1. The van der Waals surface area contributed by atoms with Gasteiger partial charge in [0.25, 0.3) is 5.56 Å². The molecular weight excluding hydrogens is 338 g/mol. The third-order valence-corrected chi connectivity index (χ3v) is 6.36. The lowest BCUT2D eigenvalue weighted by molar-refractivity contribution is -0.135. The van der Waals surface area contributed by atoms with Gasteiger partial charge in [-0.05, 0) is 51.0 Å². The fraction of sp³-hybridized carbons (Fsp3) is 0.500. The van der Waals surface area contributed by atoms with Gasteiger partial charge in [0.05, 0.1) is 11.7 Å². The monoisotopic (exact) mass is 365 g/mol. The molecule has 1 aliphatic heterocycles. The van der Waals surface area contributed by atoms with E-state index in [2.05, 4.69) is 17.1 Å². The van der Waals surface area contributed by atoms with Crippen LogP contribution in [0.3, 0.4) is 0 Å². The first kappa shape index (κ1) is 18.0. The SMILES string of the molecule is Cc1ncn(CC2CCN(C(=O)C3(c4ccccc4)CC3)CC2)c(=O)c1C. The van der Waals surface area contributed by atoms with E-state index in [1.54, 1.807) is 10.9 Å². The second-order valence-electron chi connectivity index (χ2n) is 8.10. The third-order valence-electron chi connectivity index (χ3n) is 6.36. The van der Waals surface area contributed by atoms with Crippen LogP contribution in [0.1, 0.15) is 42.5 Å². The maximum Gasteiger partial charge on any atom is 0.256 e. The van der Waals surface area contributed by atoms with Gasteiger partial charge in [-0.1, -0.05) is 30.3 Å². The summed E-state index contributed by atoms with van der Waals surface area (Å²) in [7, 11) is 0. The number of aryl methyl sites for hydroxylation is 1. The maximum absolute atomic E-state index is 13.1. The van der Waals surface area contributed by atoms with Crippen LogP contribution in [-0.4, -0.2) is 33.4 Å². The van der Waals surface area contributed by atoms with Gasteiger partial charge in [-0.25, -0.2) is 4.98 Å². The van der Waals surface area contributed by atoms with Gasteiger partial charge in [0.2, 0.25) is 5.91 Å². The highest BCUT2D eigenvalue weighted by Gasteiger charge is 2.53. The van der Waals surface area contributed by atoms with Crippen LogP contribution >= 0.6 is 0 Å². The van der Waals surface area contributed by atoms with Gasteiger partial charge >= 0.3 is 0 Å². The molecule has 1 aliphatic carbocycles. The second-order valence-corrected chi connectivity index (χ2v) is 8.10. The molecule has 1 saturated carbocycles. The first-order valence-electron chi connectivity index (χ1n) is 9.89. The van der Waals surface area contributed by atoms with E-state index in [0.29, 0.717) is 12.5 Å². The molecule has 0 bridgehead atoms. The number of nitrogens with zero attached hydrogens (tertiary/aromatic N) is 3. The first-order chi connectivity index (χ1) is 13.0. The Kier molecular flexibility index (Phi) is 4.62. The summed E-state index contributed by atoms with van der Waals surface area (Å²) in [5.41, 5.74) is 2.46. The van der Waals surface area contributed by atoms with E-state index in [1.807, 2.05) is 36.9 Å². The molecule has 0 radical (unpaired) electrons. The van der Waals surface area contributed by atoms with Gasteiger partial charge in [-0.3, -0.25) is 14.2 Å². The summed E-state index contributed by atoms with van der Waals surface area (Å²) < 4.78 is 1.73. The number of aromatic nitrogens is 2. The van der Waals surface area contributed by atoms with E-state index >= 15 is 0 Å². The Balaban J connectivity index is 1.39. The molecule has 1 amide bonds. The molecule has 5 heteroatoms. The molecule has 27 heavy (non-hydrogen) atoms. The summed E-state index contributed by atoms with van der Waals surface area (Å²) in [6, 6.07) is 10.2. The van der Waals surface area contributed by atoms with E-state index in [4.69, 9.17) is 0 Å². The van der Waals surface area contributed by atoms with Gasteiger partial charge in [-0.15, -0.1) is 0 Å². The van der Waals surface area contributed by atoms with Crippen LogP contribution in [0.4, 0.5) is 0 Å². The summed E-state index contributed by atoms with van der Waals surface area (Å²) in [5, 5.41) is 0. The molecule has 0 unspecified atom stereocenters. The molecule has 0 atom stereocenters. The average molecular weight is 365 g/mol. The number of hydrogen-bond acceptors (Lipinski definition) is 3. The van der Waals surface area contributed by atoms with Gasteiger partial charge in [0, 0.05) is 30.9 Å². The lowest BCUT2D eigenvalue weighted by Crippen LogP contribution is -2.44. The van der Waals surface area contributed by atoms with Crippen molar-refractivity contribution in [3.63, 3.8) is 0 Å². The van der Waals surface area contributed by atoms with Crippen molar-refractivity contribution in [1.29, 1.82) is 0 Å². The topological polar surface area (TPSA) is 55.2 Å². The molecule has 1 aromatic heterocycles. The predicted octanol–water partition coefficient (Wildman–Crippen LogP) is 2.83. The van der Waals surface area contributed by atoms with Crippen molar-refractivity contribution in [2.24, 2.45) is 5.92 Å². The molecule has 0 spiro atoms. The van der Waals surface area contributed by atoms with Gasteiger partial charge in [0.15, 0.2) is 0 Å². The van der Waals surface area contributed by atoms with Gasteiger partial charge in [-0.2, -0.15) is 0 Å². The van der Waals surface area contributed by atoms with Crippen LogP contribution in [0.2, 0.25) is 0 Å². The summed E-state index contributed by atoms with van der Waals surface area (Å²) in [6.07, 6.45) is 5.46. The Hall–Kier alpha value is -2.43. The standard InChI is InChI=1S/C22H27N3O2/c1-16-17(2)23-15-25(20(16)26)14-18-8-12-24(13-9-18)21(27)22(10-11-22)19-6-4-3-5-7-19/h3-7,15,18H,8-14H2,1-2H3. The number of carbonyl (C=O) groups is 1. The minimum Gasteiger partial charge on any atom is -0.342 e. The van der Waals surface area contributed by atoms with E-state index in [1.165, 1.54) is 0 Å². The van der Waals surface area contributed by atoms with Crippen molar-refractivity contribution in [2.75, 3.05) is 13.1 Å². The molecule has 2 aromatic rings. The van der Waals surface area contributed by atoms with Gasteiger partial charge < -0.3 is 4.90 Å². The van der Waals surface area contributed by atoms with Crippen LogP contribution < -0.4 is 5.56 Å². The molecule has 1 aromatic carbocycles. The number of amides is 1. The van der Waals surface area contributed by atoms with Crippen molar-refractivity contribution < 1.29 is 4.79 Å². The highest BCUT2D eigenvalue weighted by molar-refractivity contribution is 5.91. The molecule has 0 N–H and O–H groups in total. The molecule has 5 nitrogen and oxygen atoms in total. The van der Waals surface area contributed by atoms with Crippen LogP contribution in [0.15, 0.2) is 41.5 Å². The third kappa shape index (κ3) is 3.31. The van der Waals surface area contributed by atoms with Crippen LogP contribution in [-0.2, 0) is 16.8 Å². The molecule has 2 aliphatic rings. The molecule has 142 valence electrons. The fourth-order valence-corrected chi connectivity index (χ4v) is 4.21. The van der Waals surface area contributed by atoms with Crippen molar-refractivity contribution in [3.8, 4) is 0 Å². The second kappa shape index (κ2) is 6.95. The highest BCUT2D eigenvalue weighted by Crippen LogP contribution is 2.49. The highest BCUT2D eigenvalue weighted by atomic mass is 16.2. The Morgan fingerprint density at radius 3 is 2.44 bits per heavy atom. The zero-order valence-corrected chi connectivity index (χ0v) is 16.1. The number of rotatable bonds is 4.